The number of aryl methyl sites for hydroxylation is 1. The van der Waals surface area contributed by atoms with Crippen molar-refractivity contribution in [3.8, 4) is 5.88 Å². The molecule has 0 aromatic carbocycles. The second kappa shape index (κ2) is 6.47. The summed E-state index contributed by atoms with van der Waals surface area (Å²) in [6.07, 6.45) is 4.38. The van der Waals surface area contributed by atoms with Gasteiger partial charge in [-0.25, -0.2) is 9.97 Å². The Balaban J connectivity index is 1.93. The van der Waals surface area contributed by atoms with E-state index < -0.39 is 0 Å². The van der Waals surface area contributed by atoms with Crippen molar-refractivity contribution in [2.75, 3.05) is 7.11 Å². The lowest BCUT2D eigenvalue weighted by atomic mass is 10.1. The van der Waals surface area contributed by atoms with Gasteiger partial charge in [0.1, 0.15) is 6.33 Å². The van der Waals surface area contributed by atoms with Gasteiger partial charge in [0.2, 0.25) is 5.88 Å². The Labute approximate surface area is 119 Å². The van der Waals surface area contributed by atoms with Gasteiger partial charge in [0.15, 0.2) is 5.82 Å². The van der Waals surface area contributed by atoms with E-state index in [1.807, 2.05) is 19.2 Å². The second-order valence-electron chi connectivity index (χ2n) is 4.98. The van der Waals surface area contributed by atoms with Gasteiger partial charge in [-0.3, -0.25) is 4.68 Å². The van der Waals surface area contributed by atoms with Crippen molar-refractivity contribution >= 4 is 0 Å². The van der Waals surface area contributed by atoms with Crippen LogP contribution in [-0.4, -0.2) is 32.9 Å². The number of rotatable bonds is 6. The summed E-state index contributed by atoms with van der Waals surface area (Å²) < 4.78 is 6.85. The highest BCUT2D eigenvalue weighted by Gasteiger charge is 2.13. The molecule has 0 fully saturated rings. The second-order valence-corrected chi connectivity index (χ2v) is 4.98. The molecule has 0 spiro atoms. The fourth-order valence-electron chi connectivity index (χ4n) is 2.16. The Bertz CT molecular complexity index is 554. The summed E-state index contributed by atoms with van der Waals surface area (Å²) >= 11 is 0. The SMILES string of the molecule is COc1cc(CC(C)NC(C)c2ncn(C)n2)ccn1. The summed E-state index contributed by atoms with van der Waals surface area (Å²) in [5.74, 6) is 1.46. The highest BCUT2D eigenvalue weighted by Crippen LogP contribution is 2.12. The van der Waals surface area contributed by atoms with E-state index in [-0.39, 0.29) is 6.04 Å². The normalized spacial score (nSPS) is 14.0. The summed E-state index contributed by atoms with van der Waals surface area (Å²) in [5, 5.41) is 7.81. The molecule has 0 aliphatic heterocycles. The summed E-state index contributed by atoms with van der Waals surface area (Å²) in [6, 6.07) is 4.39. The third-order valence-corrected chi connectivity index (χ3v) is 3.09. The molecule has 108 valence electrons. The smallest absolute Gasteiger partial charge is 0.213 e. The van der Waals surface area contributed by atoms with Gasteiger partial charge < -0.3 is 10.1 Å². The van der Waals surface area contributed by atoms with Crippen LogP contribution in [0.25, 0.3) is 0 Å². The van der Waals surface area contributed by atoms with Gasteiger partial charge in [0.25, 0.3) is 0 Å². The zero-order chi connectivity index (χ0) is 14.5. The number of nitrogens with zero attached hydrogens (tertiary/aromatic N) is 4. The molecule has 20 heavy (non-hydrogen) atoms. The van der Waals surface area contributed by atoms with Crippen molar-refractivity contribution in [1.29, 1.82) is 0 Å². The standard InChI is InChI=1S/C14H21N5O/c1-10(7-12-5-6-15-13(8-12)20-4)17-11(2)14-16-9-19(3)18-14/h5-6,8-11,17H,7H2,1-4H3. The Morgan fingerprint density at radius 1 is 1.35 bits per heavy atom. The van der Waals surface area contributed by atoms with Gasteiger partial charge in [-0.15, -0.1) is 0 Å². The van der Waals surface area contributed by atoms with Crippen LogP contribution in [0.2, 0.25) is 0 Å². The molecular weight excluding hydrogens is 254 g/mol. The van der Waals surface area contributed by atoms with Crippen molar-refractivity contribution in [3.63, 3.8) is 0 Å². The van der Waals surface area contributed by atoms with E-state index in [0.717, 1.165) is 12.2 Å². The highest BCUT2D eigenvalue weighted by atomic mass is 16.5. The average molecular weight is 275 g/mol. The quantitative estimate of drug-likeness (QED) is 0.865. The van der Waals surface area contributed by atoms with Gasteiger partial charge in [-0.05, 0) is 31.9 Å². The van der Waals surface area contributed by atoms with Crippen LogP contribution < -0.4 is 10.1 Å². The van der Waals surface area contributed by atoms with Crippen LogP contribution in [0, 0.1) is 0 Å². The van der Waals surface area contributed by atoms with E-state index in [1.165, 1.54) is 5.56 Å². The molecule has 0 amide bonds. The van der Waals surface area contributed by atoms with Crippen molar-refractivity contribution in [2.45, 2.75) is 32.4 Å². The molecule has 2 rings (SSSR count). The zero-order valence-electron chi connectivity index (χ0n) is 12.4. The van der Waals surface area contributed by atoms with Crippen molar-refractivity contribution in [2.24, 2.45) is 7.05 Å². The predicted molar refractivity (Wildman–Crippen MR) is 76.5 cm³/mol. The number of ether oxygens (including phenoxy) is 1. The van der Waals surface area contributed by atoms with Crippen LogP contribution in [0.4, 0.5) is 0 Å². The Morgan fingerprint density at radius 3 is 2.80 bits per heavy atom. The van der Waals surface area contributed by atoms with E-state index in [2.05, 4.69) is 34.2 Å². The lowest BCUT2D eigenvalue weighted by Crippen LogP contribution is -2.31. The monoisotopic (exact) mass is 275 g/mol. The number of pyridine rings is 1. The van der Waals surface area contributed by atoms with Gasteiger partial charge in [0, 0.05) is 25.4 Å². The van der Waals surface area contributed by atoms with Gasteiger partial charge in [0.05, 0.1) is 13.2 Å². The average Bonchev–Trinajstić information content (AvgIpc) is 2.85. The minimum absolute atomic E-state index is 0.120. The molecule has 2 atom stereocenters. The summed E-state index contributed by atoms with van der Waals surface area (Å²) in [4.78, 5) is 8.37. The number of methoxy groups -OCH3 is 1. The lowest BCUT2D eigenvalue weighted by Gasteiger charge is -2.18. The van der Waals surface area contributed by atoms with Gasteiger partial charge in [-0.1, -0.05) is 0 Å². The number of hydrogen-bond acceptors (Lipinski definition) is 5. The predicted octanol–water partition coefficient (Wildman–Crippen LogP) is 1.50. The largest absolute Gasteiger partial charge is 0.481 e. The molecule has 0 bridgehead atoms. The molecule has 0 radical (unpaired) electrons. The van der Waals surface area contributed by atoms with Crippen LogP contribution in [0.5, 0.6) is 5.88 Å². The van der Waals surface area contributed by atoms with Crippen LogP contribution in [-0.2, 0) is 13.5 Å². The Kier molecular flexibility index (Phi) is 4.68. The maximum absolute atomic E-state index is 5.14. The van der Waals surface area contributed by atoms with Crippen LogP contribution in [0.15, 0.2) is 24.7 Å². The van der Waals surface area contributed by atoms with E-state index in [9.17, 15) is 0 Å². The minimum atomic E-state index is 0.120. The molecule has 2 aromatic rings. The maximum Gasteiger partial charge on any atom is 0.213 e. The summed E-state index contributed by atoms with van der Waals surface area (Å²) in [7, 11) is 3.50. The fraction of sp³-hybridized carbons (Fsp3) is 0.500. The third kappa shape index (κ3) is 3.77. The third-order valence-electron chi connectivity index (χ3n) is 3.09. The highest BCUT2D eigenvalue weighted by molar-refractivity contribution is 5.21. The molecule has 1 N–H and O–H groups in total. The van der Waals surface area contributed by atoms with Crippen LogP contribution in [0.3, 0.4) is 0 Å². The first kappa shape index (κ1) is 14.5. The van der Waals surface area contributed by atoms with Crippen molar-refractivity contribution in [1.82, 2.24) is 25.1 Å². The zero-order valence-corrected chi connectivity index (χ0v) is 12.4. The lowest BCUT2D eigenvalue weighted by molar-refractivity contribution is 0.396. The topological polar surface area (TPSA) is 64.9 Å². The summed E-state index contributed by atoms with van der Waals surface area (Å²) in [5.41, 5.74) is 1.19. The first-order chi connectivity index (χ1) is 9.58. The van der Waals surface area contributed by atoms with E-state index >= 15 is 0 Å². The van der Waals surface area contributed by atoms with E-state index in [0.29, 0.717) is 11.9 Å². The molecule has 2 aromatic heterocycles. The van der Waals surface area contributed by atoms with E-state index in [1.54, 1.807) is 24.3 Å². The minimum Gasteiger partial charge on any atom is -0.481 e. The molecule has 6 nitrogen and oxygen atoms in total. The molecule has 2 heterocycles. The number of nitrogens with one attached hydrogen (secondary N) is 1. The molecule has 0 aliphatic rings. The first-order valence-corrected chi connectivity index (χ1v) is 6.69. The van der Waals surface area contributed by atoms with Crippen LogP contribution >= 0.6 is 0 Å². The first-order valence-electron chi connectivity index (χ1n) is 6.69. The van der Waals surface area contributed by atoms with Gasteiger partial charge in [-0.2, -0.15) is 5.10 Å². The Morgan fingerprint density at radius 2 is 2.15 bits per heavy atom. The number of hydrogen-bond donors (Lipinski definition) is 1. The molecule has 0 aliphatic carbocycles. The molecule has 6 heteroatoms. The fourth-order valence-corrected chi connectivity index (χ4v) is 2.16. The van der Waals surface area contributed by atoms with Crippen LogP contribution in [0.1, 0.15) is 31.3 Å². The maximum atomic E-state index is 5.14. The van der Waals surface area contributed by atoms with Crippen molar-refractivity contribution in [3.05, 3.63) is 36.0 Å². The van der Waals surface area contributed by atoms with Gasteiger partial charge >= 0.3 is 0 Å². The molecular formula is C14H21N5O. The molecule has 0 saturated heterocycles. The van der Waals surface area contributed by atoms with Crippen molar-refractivity contribution < 1.29 is 4.74 Å². The molecule has 2 unspecified atom stereocenters. The Hall–Kier alpha value is -1.95. The summed E-state index contributed by atoms with van der Waals surface area (Å²) in [6.45, 7) is 4.21. The number of aromatic nitrogens is 4. The van der Waals surface area contributed by atoms with E-state index in [4.69, 9.17) is 4.74 Å². The molecule has 0 saturated carbocycles.